The average Bonchev–Trinajstić information content (AvgIpc) is 2.15. The van der Waals surface area contributed by atoms with Gasteiger partial charge in [0.05, 0.1) is 11.9 Å². The normalized spacial score (nSPS) is 23.3. The standard InChI is InChI=1S/C10H18O3S/c1-2-14(12,13)7-6-9-4-3-5-10(11)8-9/h8,10-11H,2-7H2,1H3. The summed E-state index contributed by atoms with van der Waals surface area (Å²) < 4.78 is 22.5. The molecule has 0 aromatic rings. The van der Waals surface area contributed by atoms with Gasteiger partial charge in [-0.2, -0.15) is 0 Å². The van der Waals surface area contributed by atoms with E-state index in [9.17, 15) is 13.5 Å². The molecule has 3 nitrogen and oxygen atoms in total. The van der Waals surface area contributed by atoms with Gasteiger partial charge in [-0.3, -0.25) is 0 Å². The van der Waals surface area contributed by atoms with Crippen molar-refractivity contribution in [1.82, 2.24) is 0 Å². The molecule has 0 heterocycles. The molecule has 0 saturated carbocycles. The number of hydrogen-bond donors (Lipinski definition) is 1. The van der Waals surface area contributed by atoms with Gasteiger partial charge in [0.15, 0.2) is 0 Å². The van der Waals surface area contributed by atoms with E-state index in [0.717, 1.165) is 24.8 Å². The van der Waals surface area contributed by atoms with Gasteiger partial charge in [-0.1, -0.05) is 18.6 Å². The van der Waals surface area contributed by atoms with Gasteiger partial charge in [-0.25, -0.2) is 8.42 Å². The van der Waals surface area contributed by atoms with E-state index in [4.69, 9.17) is 0 Å². The predicted octanol–water partition coefficient (Wildman–Crippen LogP) is 1.28. The van der Waals surface area contributed by atoms with Crippen LogP contribution in [0.2, 0.25) is 0 Å². The van der Waals surface area contributed by atoms with E-state index in [1.165, 1.54) is 0 Å². The van der Waals surface area contributed by atoms with Crippen LogP contribution in [0, 0.1) is 0 Å². The van der Waals surface area contributed by atoms with Crippen molar-refractivity contribution in [2.75, 3.05) is 11.5 Å². The van der Waals surface area contributed by atoms with E-state index in [1.807, 2.05) is 6.08 Å². The van der Waals surface area contributed by atoms with Crippen LogP contribution in [0.15, 0.2) is 11.6 Å². The second kappa shape index (κ2) is 4.94. The molecule has 0 radical (unpaired) electrons. The molecule has 1 aliphatic carbocycles. The van der Waals surface area contributed by atoms with Crippen molar-refractivity contribution in [1.29, 1.82) is 0 Å². The van der Waals surface area contributed by atoms with Crippen LogP contribution in [0.5, 0.6) is 0 Å². The van der Waals surface area contributed by atoms with Crippen LogP contribution in [-0.2, 0) is 9.84 Å². The van der Waals surface area contributed by atoms with Crippen molar-refractivity contribution in [3.8, 4) is 0 Å². The first-order chi connectivity index (χ1) is 6.53. The van der Waals surface area contributed by atoms with Gasteiger partial charge in [0.25, 0.3) is 0 Å². The molecule has 1 N–H and O–H groups in total. The Labute approximate surface area is 85.7 Å². The van der Waals surface area contributed by atoms with E-state index in [2.05, 4.69) is 0 Å². The molecule has 4 heteroatoms. The van der Waals surface area contributed by atoms with Crippen LogP contribution in [0.3, 0.4) is 0 Å². The van der Waals surface area contributed by atoms with Crippen LogP contribution in [0.1, 0.15) is 32.6 Å². The van der Waals surface area contributed by atoms with Gasteiger partial charge < -0.3 is 5.11 Å². The molecule has 0 aromatic heterocycles. The van der Waals surface area contributed by atoms with Crippen molar-refractivity contribution in [3.63, 3.8) is 0 Å². The maximum absolute atomic E-state index is 11.2. The maximum atomic E-state index is 11.2. The van der Waals surface area contributed by atoms with Gasteiger partial charge in [0.1, 0.15) is 9.84 Å². The lowest BCUT2D eigenvalue weighted by Gasteiger charge is -2.16. The van der Waals surface area contributed by atoms with Crippen molar-refractivity contribution < 1.29 is 13.5 Å². The lowest BCUT2D eigenvalue weighted by molar-refractivity contribution is 0.201. The number of aliphatic hydroxyl groups excluding tert-OH is 1. The summed E-state index contributed by atoms with van der Waals surface area (Å²) in [4.78, 5) is 0. The molecule has 0 spiro atoms. The van der Waals surface area contributed by atoms with Crippen molar-refractivity contribution in [2.45, 2.75) is 38.7 Å². The number of allylic oxidation sites excluding steroid dienone is 1. The Morgan fingerprint density at radius 1 is 1.57 bits per heavy atom. The fourth-order valence-electron chi connectivity index (χ4n) is 1.62. The average molecular weight is 218 g/mol. The Hall–Kier alpha value is -0.350. The highest BCUT2D eigenvalue weighted by Gasteiger charge is 2.13. The predicted molar refractivity (Wildman–Crippen MR) is 56.9 cm³/mol. The quantitative estimate of drug-likeness (QED) is 0.723. The van der Waals surface area contributed by atoms with Crippen LogP contribution < -0.4 is 0 Å². The van der Waals surface area contributed by atoms with E-state index >= 15 is 0 Å². The highest BCUT2D eigenvalue weighted by Crippen LogP contribution is 2.21. The zero-order chi connectivity index (χ0) is 10.6. The summed E-state index contributed by atoms with van der Waals surface area (Å²) in [6, 6.07) is 0. The fraction of sp³-hybridized carbons (Fsp3) is 0.800. The summed E-state index contributed by atoms with van der Waals surface area (Å²) in [5.74, 6) is 0.435. The fourth-order valence-corrected chi connectivity index (χ4v) is 2.48. The van der Waals surface area contributed by atoms with Gasteiger partial charge in [-0.05, 0) is 25.7 Å². The van der Waals surface area contributed by atoms with Gasteiger partial charge >= 0.3 is 0 Å². The minimum atomic E-state index is -2.86. The summed E-state index contributed by atoms with van der Waals surface area (Å²) in [5, 5.41) is 9.34. The largest absolute Gasteiger partial charge is 0.389 e. The first-order valence-electron chi connectivity index (χ1n) is 5.11. The molecule has 0 saturated heterocycles. The molecule has 0 bridgehead atoms. The van der Waals surface area contributed by atoms with Gasteiger partial charge in [-0.15, -0.1) is 0 Å². The highest BCUT2D eigenvalue weighted by atomic mass is 32.2. The van der Waals surface area contributed by atoms with Crippen LogP contribution in [-0.4, -0.2) is 31.1 Å². The molecule has 1 unspecified atom stereocenters. The minimum Gasteiger partial charge on any atom is -0.389 e. The zero-order valence-electron chi connectivity index (χ0n) is 8.57. The van der Waals surface area contributed by atoms with E-state index < -0.39 is 9.84 Å². The van der Waals surface area contributed by atoms with Gasteiger partial charge in [0.2, 0.25) is 0 Å². The molecule has 0 aromatic carbocycles. The van der Waals surface area contributed by atoms with E-state index in [1.54, 1.807) is 6.92 Å². The first kappa shape index (κ1) is 11.7. The second-order valence-electron chi connectivity index (χ2n) is 3.77. The Kier molecular flexibility index (Phi) is 4.13. The smallest absolute Gasteiger partial charge is 0.150 e. The lowest BCUT2D eigenvalue weighted by atomic mass is 9.96. The molecule has 0 amide bonds. The van der Waals surface area contributed by atoms with Crippen LogP contribution >= 0.6 is 0 Å². The molecular formula is C10H18O3S. The third-order valence-electron chi connectivity index (χ3n) is 2.60. The maximum Gasteiger partial charge on any atom is 0.150 e. The molecule has 0 fully saturated rings. The van der Waals surface area contributed by atoms with Gasteiger partial charge in [0, 0.05) is 5.75 Å². The Morgan fingerprint density at radius 2 is 2.29 bits per heavy atom. The van der Waals surface area contributed by atoms with Crippen molar-refractivity contribution in [2.24, 2.45) is 0 Å². The summed E-state index contributed by atoms with van der Waals surface area (Å²) in [6.45, 7) is 1.67. The lowest BCUT2D eigenvalue weighted by Crippen LogP contribution is -2.13. The monoisotopic (exact) mass is 218 g/mol. The van der Waals surface area contributed by atoms with E-state index in [0.29, 0.717) is 6.42 Å². The third kappa shape index (κ3) is 3.80. The topological polar surface area (TPSA) is 54.4 Å². The van der Waals surface area contributed by atoms with Crippen molar-refractivity contribution >= 4 is 9.84 Å². The highest BCUT2D eigenvalue weighted by molar-refractivity contribution is 7.91. The molecule has 1 atom stereocenters. The molecule has 82 valence electrons. The summed E-state index contributed by atoms with van der Waals surface area (Å²) in [7, 11) is -2.86. The summed E-state index contributed by atoms with van der Waals surface area (Å²) in [5.41, 5.74) is 1.10. The number of rotatable bonds is 4. The third-order valence-corrected chi connectivity index (χ3v) is 4.31. The van der Waals surface area contributed by atoms with E-state index in [-0.39, 0.29) is 17.6 Å². The van der Waals surface area contributed by atoms with Crippen LogP contribution in [0.4, 0.5) is 0 Å². The minimum absolute atomic E-state index is 0.211. The molecule has 14 heavy (non-hydrogen) atoms. The van der Waals surface area contributed by atoms with Crippen LogP contribution in [0.25, 0.3) is 0 Å². The Bertz CT molecular complexity index is 303. The Balaban J connectivity index is 2.46. The number of hydrogen-bond acceptors (Lipinski definition) is 3. The summed E-state index contributed by atoms with van der Waals surface area (Å²) >= 11 is 0. The molecule has 0 aliphatic heterocycles. The first-order valence-corrected chi connectivity index (χ1v) is 6.93. The molecule has 1 rings (SSSR count). The molecular weight excluding hydrogens is 200 g/mol. The Morgan fingerprint density at radius 3 is 2.86 bits per heavy atom. The number of sulfone groups is 1. The van der Waals surface area contributed by atoms with Crippen molar-refractivity contribution in [3.05, 3.63) is 11.6 Å². The second-order valence-corrected chi connectivity index (χ2v) is 6.24. The summed E-state index contributed by atoms with van der Waals surface area (Å²) in [6.07, 6.45) is 4.77. The number of aliphatic hydroxyl groups is 1. The molecule has 1 aliphatic rings. The SMILES string of the molecule is CCS(=O)(=O)CCC1=CC(O)CCC1. The zero-order valence-corrected chi connectivity index (χ0v) is 9.39.